The van der Waals surface area contributed by atoms with Crippen LogP contribution in [0, 0.1) is 5.41 Å². The molecule has 0 saturated carbocycles. The highest BCUT2D eigenvalue weighted by atomic mass is 35.5. The summed E-state index contributed by atoms with van der Waals surface area (Å²) in [7, 11) is 0. The molecule has 2 aliphatic heterocycles. The Kier molecular flexibility index (Phi) is 4.50. The molecule has 0 aliphatic carbocycles. The van der Waals surface area contributed by atoms with Gasteiger partial charge in [-0.05, 0) is 25.1 Å². The largest absolute Gasteiger partial charge is 0.509 e. The molecule has 8 heteroatoms. The fourth-order valence-electron chi connectivity index (χ4n) is 3.27. The highest BCUT2D eigenvalue weighted by molar-refractivity contribution is 6.37. The van der Waals surface area contributed by atoms with Gasteiger partial charge in [-0.2, -0.15) is 0 Å². The summed E-state index contributed by atoms with van der Waals surface area (Å²) in [6, 6.07) is 4.58. The Labute approximate surface area is 161 Å². The van der Waals surface area contributed by atoms with Crippen molar-refractivity contribution in [2.24, 2.45) is 5.41 Å². The Bertz CT molecular complexity index is 831. The van der Waals surface area contributed by atoms with E-state index in [1.165, 1.54) is 17.0 Å². The first-order valence-corrected chi connectivity index (χ1v) is 8.88. The number of hydrogen-bond donors (Lipinski definition) is 2. The topological polar surface area (TPSA) is 78.9 Å². The van der Waals surface area contributed by atoms with E-state index in [2.05, 4.69) is 5.32 Å². The van der Waals surface area contributed by atoms with Gasteiger partial charge in [0.2, 0.25) is 0 Å². The van der Waals surface area contributed by atoms with Crippen molar-refractivity contribution in [3.63, 3.8) is 0 Å². The van der Waals surface area contributed by atoms with E-state index in [-0.39, 0.29) is 28.4 Å². The molecule has 1 aromatic rings. The van der Waals surface area contributed by atoms with Crippen LogP contribution in [-0.2, 0) is 14.3 Å². The fourth-order valence-corrected chi connectivity index (χ4v) is 3.72. The first-order valence-electron chi connectivity index (χ1n) is 8.12. The number of aliphatic hydroxyl groups is 1. The quantitative estimate of drug-likeness (QED) is 0.743. The van der Waals surface area contributed by atoms with Crippen molar-refractivity contribution < 1.29 is 19.4 Å². The van der Waals surface area contributed by atoms with E-state index in [0.29, 0.717) is 10.7 Å². The minimum atomic E-state index is -1.06. The van der Waals surface area contributed by atoms with Crippen molar-refractivity contribution in [2.75, 3.05) is 11.9 Å². The molecule has 0 radical (unpaired) electrons. The van der Waals surface area contributed by atoms with E-state index in [4.69, 9.17) is 27.9 Å². The average Bonchev–Trinajstić information content (AvgIpc) is 2.96. The molecule has 26 heavy (non-hydrogen) atoms. The number of nitrogens with zero attached hydrogens (tertiary/aromatic N) is 1. The molecule has 3 rings (SSSR count). The summed E-state index contributed by atoms with van der Waals surface area (Å²) in [5, 5.41) is 13.9. The first-order chi connectivity index (χ1) is 12.0. The van der Waals surface area contributed by atoms with Crippen LogP contribution >= 0.6 is 23.2 Å². The highest BCUT2D eigenvalue weighted by Gasteiger charge is 2.60. The molecule has 0 unspecified atom stereocenters. The molecular formula is C18H20Cl2N2O4. The van der Waals surface area contributed by atoms with Gasteiger partial charge in [0.15, 0.2) is 0 Å². The molecule has 1 aromatic carbocycles. The maximum absolute atomic E-state index is 12.9. The third-order valence-corrected chi connectivity index (χ3v) is 5.16. The first kappa shape index (κ1) is 19.0. The van der Waals surface area contributed by atoms with Crippen molar-refractivity contribution in [2.45, 2.75) is 39.5 Å². The molecule has 2 heterocycles. The number of anilines is 1. The predicted molar refractivity (Wildman–Crippen MR) is 99.2 cm³/mol. The number of halogens is 2. The second-order valence-corrected chi connectivity index (χ2v) is 8.62. The van der Waals surface area contributed by atoms with Gasteiger partial charge < -0.3 is 15.2 Å². The number of hydrogen-bond acceptors (Lipinski definition) is 4. The summed E-state index contributed by atoms with van der Waals surface area (Å²) in [6.07, 6.45) is -0.549. The lowest BCUT2D eigenvalue weighted by atomic mass is 9.92. The SMILES string of the molecule is CC(C)(C)[C@H]1OC[C@]2(C)C(O)=C(C(=O)Nc3ccc(Cl)cc3Cl)C(=O)N12. The van der Waals surface area contributed by atoms with Gasteiger partial charge in [-0.15, -0.1) is 0 Å². The van der Waals surface area contributed by atoms with E-state index >= 15 is 0 Å². The molecule has 2 amide bonds. The number of aliphatic hydroxyl groups excluding tert-OH is 1. The summed E-state index contributed by atoms with van der Waals surface area (Å²) in [6.45, 7) is 7.59. The smallest absolute Gasteiger partial charge is 0.265 e. The Hall–Kier alpha value is -1.76. The van der Waals surface area contributed by atoms with Crippen LogP contribution in [0.15, 0.2) is 29.5 Å². The molecule has 2 aliphatic rings. The van der Waals surface area contributed by atoms with Gasteiger partial charge in [-0.1, -0.05) is 44.0 Å². The lowest BCUT2D eigenvalue weighted by Gasteiger charge is -2.36. The van der Waals surface area contributed by atoms with E-state index in [1.54, 1.807) is 13.0 Å². The second-order valence-electron chi connectivity index (χ2n) is 7.78. The minimum Gasteiger partial charge on any atom is -0.509 e. The van der Waals surface area contributed by atoms with Crippen LogP contribution in [0.5, 0.6) is 0 Å². The van der Waals surface area contributed by atoms with Gasteiger partial charge in [0.25, 0.3) is 11.8 Å². The van der Waals surface area contributed by atoms with E-state index in [0.717, 1.165) is 0 Å². The monoisotopic (exact) mass is 398 g/mol. The number of nitrogens with one attached hydrogen (secondary N) is 1. The molecule has 1 fully saturated rings. The molecular weight excluding hydrogens is 379 g/mol. The third kappa shape index (κ3) is 2.86. The van der Waals surface area contributed by atoms with Crippen LogP contribution in [0.2, 0.25) is 10.0 Å². The van der Waals surface area contributed by atoms with Crippen molar-refractivity contribution in [3.05, 3.63) is 39.6 Å². The zero-order valence-corrected chi connectivity index (χ0v) is 16.4. The maximum Gasteiger partial charge on any atom is 0.265 e. The molecule has 0 bridgehead atoms. The summed E-state index contributed by atoms with van der Waals surface area (Å²) >= 11 is 11.9. The normalized spacial score (nSPS) is 25.7. The summed E-state index contributed by atoms with van der Waals surface area (Å²) < 4.78 is 5.75. The molecule has 6 nitrogen and oxygen atoms in total. The van der Waals surface area contributed by atoms with Crippen LogP contribution in [0.3, 0.4) is 0 Å². The molecule has 2 N–H and O–H groups in total. The Morgan fingerprint density at radius 3 is 2.62 bits per heavy atom. The molecule has 0 aromatic heterocycles. The van der Waals surface area contributed by atoms with Crippen molar-refractivity contribution in [3.8, 4) is 0 Å². The lowest BCUT2D eigenvalue weighted by molar-refractivity contribution is -0.140. The second kappa shape index (κ2) is 6.15. The van der Waals surface area contributed by atoms with Gasteiger partial charge in [0.1, 0.15) is 23.1 Å². The van der Waals surface area contributed by atoms with Gasteiger partial charge in [0, 0.05) is 10.4 Å². The van der Waals surface area contributed by atoms with Crippen LogP contribution in [0.25, 0.3) is 0 Å². The zero-order chi connectivity index (χ0) is 19.4. The number of carbonyl (C=O) groups excluding carboxylic acids is 2. The molecule has 1 saturated heterocycles. The van der Waals surface area contributed by atoms with Crippen molar-refractivity contribution >= 4 is 40.7 Å². The Balaban J connectivity index is 1.93. The van der Waals surface area contributed by atoms with Crippen molar-refractivity contribution in [1.82, 2.24) is 4.90 Å². The Morgan fingerprint density at radius 1 is 1.38 bits per heavy atom. The van der Waals surface area contributed by atoms with Gasteiger partial charge >= 0.3 is 0 Å². The molecule has 140 valence electrons. The Morgan fingerprint density at radius 2 is 2.04 bits per heavy atom. The number of carbonyl (C=O) groups is 2. The number of ether oxygens (including phenoxy) is 1. The number of benzene rings is 1. The van der Waals surface area contributed by atoms with Crippen LogP contribution < -0.4 is 5.32 Å². The lowest BCUT2D eigenvalue weighted by Crippen LogP contribution is -2.50. The van der Waals surface area contributed by atoms with Crippen LogP contribution in [0.1, 0.15) is 27.7 Å². The number of rotatable bonds is 2. The predicted octanol–water partition coefficient (Wildman–Crippen LogP) is 3.75. The van der Waals surface area contributed by atoms with E-state index < -0.39 is 23.6 Å². The number of fused-ring (bicyclic) bond motifs is 1. The summed E-state index contributed by atoms with van der Waals surface area (Å²) in [4.78, 5) is 27.1. The van der Waals surface area contributed by atoms with Crippen LogP contribution in [0.4, 0.5) is 5.69 Å². The van der Waals surface area contributed by atoms with E-state index in [9.17, 15) is 14.7 Å². The van der Waals surface area contributed by atoms with Crippen LogP contribution in [-0.4, -0.2) is 40.2 Å². The van der Waals surface area contributed by atoms with Gasteiger partial charge in [-0.25, -0.2) is 0 Å². The minimum absolute atomic E-state index is 0.116. The highest BCUT2D eigenvalue weighted by Crippen LogP contribution is 2.45. The van der Waals surface area contributed by atoms with Gasteiger partial charge in [-0.3, -0.25) is 14.5 Å². The fraction of sp³-hybridized carbons (Fsp3) is 0.444. The standard InChI is InChI=1S/C18H20Cl2N2O4/c1-17(2,3)16-22-15(25)12(13(23)18(22,4)8-26-16)14(24)21-11-6-5-9(19)7-10(11)20/h5-7,16,23H,8H2,1-4H3,(H,21,24)/t16-,18-/m1/s1. The maximum atomic E-state index is 12.9. The number of amides is 2. The molecule has 0 spiro atoms. The zero-order valence-electron chi connectivity index (χ0n) is 14.9. The summed E-state index contributed by atoms with van der Waals surface area (Å²) in [5.41, 5.74) is -1.43. The average molecular weight is 399 g/mol. The van der Waals surface area contributed by atoms with Crippen molar-refractivity contribution in [1.29, 1.82) is 0 Å². The van der Waals surface area contributed by atoms with E-state index in [1.807, 2.05) is 20.8 Å². The summed E-state index contributed by atoms with van der Waals surface area (Å²) in [5.74, 6) is -1.58. The third-order valence-electron chi connectivity index (χ3n) is 4.62. The van der Waals surface area contributed by atoms with Gasteiger partial charge in [0.05, 0.1) is 17.3 Å². The molecule has 2 atom stereocenters.